The Morgan fingerprint density at radius 2 is 2.20 bits per heavy atom. The second kappa shape index (κ2) is 6.58. The predicted octanol–water partition coefficient (Wildman–Crippen LogP) is 3.09. The van der Waals surface area contributed by atoms with Gasteiger partial charge in [-0.1, -0.05) is 19.8 Å². The van der Waals surface area contributed by atoms with Crippen LogP contribution in [-0.2, 0) is 24.1 Å². The molecule has 0 radical (unpaired) electrons. The first-order valence-electron chi connectivity index (χ1n) is 7.55. The molecule has 1 aromatic heterocycles. The van der Waals surface area contributed by atoms with E-state index in [2.05, 4.69) is 34.9 Å². The molecule has 0 aromatic carbocycles. The molecule has 0 saturated heterocycles. The number of ether oxygens (including phenoxy) is 1. The topological polar surface area (TPSA) is 47.3 Å². The van der Waals surface area contributed by atoms with Gasteiger partial charge in [-0.3, -0.25) is 4.68 Å². The third-order valence-corrected chi connectivity index (χ3v) is 5.29. The number of hydrogen-bond donors (Lipinski definition) is 1. The number of nitrogens with zero attached hydrogens (tertiary/aromatic N) is 2. The van der Waals surface area contributed by atoms with E-state index in [-0.39, 0.29) is 6.10 Å². The van der Waals surface area contributed by atoms with Crippen molar-refractivity contribution < 1.29 is 9.84 Å². The highest BCUT2D eigenvalue weighted by molar-refractivity contribution is 9.10. The van der Waals surface area contributed by atoms with Crippen LogP contribution in [0.5, 0.6) is 0 Å². The van der Waals surface area contributed by atoms with Crippen molar-refractivity contribution in [2.45, 2.75) is 70.6 Å². The van der Waals surface area contributed by atoms with Gasteiger partial charge < -0.3 is 9.84 Å². The zero-order chi connectivity index (χ0) is 14.8. The molecule has 1 heterocycles. The van der Waals surface area contributed by atoms with E-state index in [0.29, 0.717) is 6.42 Å². The fourth-order valence-electron chi connectivity index (χ4n) is 3.21. The molecule has 2 unspecified atom stereocenters. The Morgan fingerprint density at radius 3 is 2.80 bits per heavy atom. The Hall–Kier alpha value is -0.390. The molecule has 2 atom stereocenters. The molecule has 1 saturated carbocycles. The molecular weight excluding hydrogens is 320 g/mol. The molecule has 20 heavy (non-hydrogen) atoms. The molecule has 5 heteroatoms. The second-order valence-corrected chi connectivity index (χ2v) is 6.42. The predicted molar refractivity (Wildman–Crippen MR) is 82.9 cm³/mol. The van der Waals surface area contributed by atoms with Crippen LogP contribution < -0.4 is 0 Å². The summed E-state index contributed by atoms with van der Waals surface area (Å²) in [4.78, 5) is 0. The minimum atomic E-state index is -0.770. The maximum absolute atomic E-state index is 11.0. The number of methoxy groups -OCH3 is 1. The van der Waals surface area contributed by atoms with Gasteiger partial charge in [0.05, 0.1) is 27.6 Å². The van der Waals surface area contributed by atoms with E-state index in [9.17, 15) is 5.11 Å². The van der Waals surface area contributed by atoms with Crippen LogP contribution in [-0.4, -0.2) is 33.7 Å². The minimum absolute atomic E-state index is 0.0755. The first kappa shape index (κ1) is 16.0. The summed E-state index contributed by atoms with van der Waals surface area (Å²) >= 11 is 3.66. The van der Waals surface area contributed by atoms with Crippen LogP contribution in [0.3, 0.4) is 0 Å². The zero-order valence-electron chi connectivity index (χ0n) is 12.7. The average molecular weight is 345 g/mol. The summed E-state index contributed by atoms with van der Waals surface area (Å²) in [5.74, 6) is 0. The van der Waals surface area contributed by atoms with Crippen molar-refractivity contribution in [3.05, 3.63) is 15.9 Å². The van der Waals surface area contributed by atoms with Crippen LogP contribution in [0, 0.1) is 0 Å². The summed E-state index contributed by atoms with van der Waals surface area (Å²) in [6.07, 6.45) is 5.36. The van der Waals surface area contributed by atoms with Crippen LogP contribution in [0.1, 0.15) is 50.9 Å². The van der Waals surface area contributed by atoms with Gasteiger partial charge in [-0.05, 0) is 42.1 Å². The first-order valence-corrected chi connectivity index (χ1v) is 8.34. The number of aryl methyl sites for hydroxylation is 2. The van der Waals surface area contributed by atoms with Gasteiger partial charge in [0.2, 0.25) is 0 Å². The normalized spacial score (nSPS) is 26.9. The largest absolute Gasteiger partial charge is 0.387 e. The van der Waals surface area contributed by atoms with Crippen LogP contribution in [0.4, 0.5) is 0 Å². The molecule has 1 aliphatic rings. The van der Waals surface area contributed by atoms with Gasteiger partial charge in [0, 0.05) is 20.1 Å². The van der Waals surface area contributed by atoms with Gasteiger partial charge in [-0.2, -0.15) is 5.10 Å². The quantitative estimate of drug-likeness (QED) is 0.892. The molecule has 2 rings (SSSR count). The summed E-state index contributed by atoms with van der Waals surface area (Å²) in [6, 6.07) is 0. The van der Waals surface area contributed by atoms with Crippen molar-refractivity contribution in [1.29, 1.82) is 0 Å². The maximum atomic E-state index is 11.0. The van der Waals surface area contributed by atoms with Crippen molar-refractivity contribution in [3.8, 4) is 0 Å². The summed E-state index contributed by atoms with van der Waals surface area (Å²) in [6.45, 7) is 5.01. The number of aromatic nitrogens is 2. The van der Waals surface area contributed by atoms with E-state index in [1.807, 2.05) is 4.68 Å². The lowest BCUT2D eigenvalue weighted by Crippen LogP contribution is -2.48. The summed E-state index contributed by atoms with van der Waals surface area (Å²) in [5, 5.41) is 15.6. The summed E-state index contributed by atoms with van der Waals surface area (Å²) < 4.78 is 8.58. The minimum Gasteiger partial charge on any atom is -0.387 e. The van der Waals surface area contributed by atoms with Crippen LogP contribution in [0.25, 0.3) is 0 Å². The standard InChI is InChI=1S/C15H25BrN2O2/c1-4-11-14(16)12(18(5-2)17-11)10-15(19)9-7-6-8-13(15)20-3/h13,19H,4-10H2,1-3H3. The second-order valence-electron chi connectivity index (χ2n) is 5.63. The monoisotopic (exact) mass is 344 g/mol. The molecule has 1 aromatic rings. The molecule has 1 aliphatic carbocycles. The zero-order valence-corrected chi connectivity index (χ0v) is 14.2. The van der Waals surface area contributed by atoms with Crippen LogP contribution in [0.15, 0.2) is 4.47 Å². The van der Waals surface area contributed by atoms with Gasteiger partial charge in [0.25, 0.3) is 0 Å². The Labute approximate surface area is 129 Å². The van der Waals surface area contributed by atoms with Gasteiger partial charge in [-0.15, -0.1) is 0 Å². The van der Waals surface area contributed by atoms with E-state index < -0.39 is 5.60 Å². The summed E-state index contributed by atoms with van der Waals surface area (Å²) in [5.41, 5.74) is 1.39. The Balaban J connectivity index is 2.30. The number of rotatable bonds is 5. The Bertz CT molecular complexity index is 461. The molecule has 4 nitrogen and oxygen atoms in total. The van der Waals surface area contributed by atoms with Crippen molar-refractivity contribution >= 4 is 15.9 Å². The lowest BCUT2D eigenvalue weighted by atomic mass is 9.79. The fourth-order valence-corrected chi connectivity index (χ4v) is 3.91. The third kappa shape index (κ3) is 2.95. The van der Waals surface area contributed by atoms with Gasteiger partial charge in [0.15, 0.2) is 0 Å². The average Bonchev–Trinajstić information content (AvgIpc) is 2.75. The molecule has 0 amide bonds. The molecule has 0 bridgehead atoms. The van der Waals surface area contributed by atoms with Crippen LogP contribution >= 0.6 is 15.9 Å². The van der Waals surface area contributed by atoms with E-state index in [4.69, 9.17) is 4.74 Å². The van der Waals surface area contributed by atoms with Crippen molar-refractivity contribution in [3.63, 3.8) is 0 Å². The van der Waals surface area contributed by atoms with Gasteiger partial charge in [-0.25, -0.2) is 0 Å². The fraction of sp³-hybridized carbons (Fsp3) is 0.800. The lowest BCUT2D eigenvalue weighted by molar-refractivity contribution is -0.117. The third-order valence-electron chi connectivity index (χ3n) is 4.38. The molecule has 1 fully saturated rings. The highest BCUT2D eigenvalue weighted by atomic mass is 79.9. The van der Waals surface area contributed by atoms with E-state index in [0.717, 1.165) is 54.5 Å². The number of halogens is 1. The Kier molecular flexibility index (Phi) is 5.26. The number of aliphatic hydroxyl groups is 1. The van der Waals surface area contributed by atoms with E-state index in [1.54, 1.807) is 7.11 Å². The molecule has 0 spiro atoms. The number of hydrogen-bond acceptors (Lipinski definition) is 3. The highest BCUT2D eigenvalue weighted by Crippen LogP contribution is 2.35. The van der Waals surface area contributed by atoms with Crippen LogP contribution in [0.2, 0.25) is 0 Å². The SMILES string of the molecule is CCc1nn(CC)c(CC2(O)CCCCC2OC)c1Br. The summed E-state index contributed by atoms with van der Waals surface area (Å²) in [7, 11) is 1.70. The van der Waals surface area contributed by atoms with Crippen molar-refractivity contribution in [2.75, 3.05) is 7.11 Å². The van der Waals surface area contributed by atoms with Gasteiger partial charge >= 0.3 is 0 Å². The molecule has 114 valence electrons. The smallest absolute Gasteiger partial charge is 0.0963 e. The van der Waals surface area contributed by atoms with Crippen molar-refractivity contribution in [1.82, 2.24) is 9.78 Å². The molecule has 1 N–H and O–H groups in total. The lowest BCUT2D eigenvalue weighted by Gasteiger charge is -2.39. The molecular formula is C15H25BrN2O2. The Morgan fingerprint density at radius 1 is 1.45 bits per heavy atom. The van der Waals surface area contributed by atoms with E-state index >= 15 is 0 Å². The first-order chi connectivity index (χ1) is 9.55. The molecule has 0 aliphatic heterocycles. The maximum Gasteiger partial charge on any atom is 0.0963 e. The van der Waals surface area contributed by atoms with Gasteiger partial charge in [0.1, 0.15) is 0 Å². The van der Waals surface area contributed by atoms with E-state index in [1.165, 1.54) is 0 Å². The van der Waals surface area contributed by atoms with Crippen molar-refractivity contribution in [2.24, 2.45) is 0 Å². The highest BCUT2D eigenvalue weighted by Gasteiger charge is 2.40.